The zero-order valence-electron chi connectivity index (χ0n) is 15.7. The van der Waals surface area contributed by atoms with Gasteiger partial charge < -0.3 is 26.8 Å². The Bertz CT molecular complexity index is 999. The van der Waals surface area contributed by atoms with Gasteiger partial charge in [-0.05, 0) is 36.1 Å². The standard InChI is InChI=1S/C20H20Cl2N4O4/c21-12-6-7-13(23)17(22)16(12)18(27)25-15(19(28)29)9-24-20(30)26-14-8-5-10-3-1-2-4-11(10)14/h1-4,6-7,14-15H,5,8-9,23H2,(H,25,27)(H,28,29)(H2,24,26,30)/t14-,15?/m1/s1. The molecule has 0 radical (unpaired) electrons. The van der Waals surface area contributed by atoms with Crippen molar-refractivity contribution in [3.63, 3.8) is 0 Å². The fourth-order valence-electron chi connectivity index (χ4n) is 3.32. The molecule has 2 atom stereocenters. The Morgan fingerprint density at radius 2 is 1.90 bits per heavy atom. The van der Waals surface area contributed by atoms with E-state index in [-0.39, 0.29) is 33.9 Å². The van der Waals surface area contributed by atoms with Gasteiger partial charge in [0.25, 0.3) is 5.91 Å². The van der Waals surface area contributed by atoms with Gasteiger partial charge in [0.2, 0.25) is 0 Å². The number of halogens is 2. The van der Waals surface area contributed by atoms with Gasteiger partial charge in [-0.1, -0.05) is 47.5 Å². The van der Waals surface area contributed by atoms with Gasteiger partial charge >= 0.3 is 12.0 Å². The van der Waals surface area contributed by atoms with Crippen LogP contribution >= 0.6 is 23.2 Å². The minimum atomic E-state index is -1.40. The predicted molar refractivity (Wildman–Crippen MR) is 114 cm³/mol. The van der Waals surface area contributed by atoms with E-state index < -0.39 is 23.9 Å². The van der Waals surface area contributed by atoms with E-state index in [0.29, 0.717) is 0 Å². The van der Waals surface area contributed by atoms with Crippen LogP contribution < -0.4 is 21.7 Å². The molecule has 0 heterocycles. The molecule has 3 rings (SSSR count). The maximum Gasteiger partial charge on any atom is 0.328 e. The number of carbonyl (C=O) groups excluding carboxylic acids is 2. The number of amides is 3. The van der Waals surface area contributed by atoms with Crippen LogP contribution in [0.1, 0.15) is 33.9 Å². The fourth-order valence-corrected chi connectivity index (χ4v) is 3.86. The number of nitrogens with two attached hydrogens (primary N) is 1. The van der Waals surface area contributed by atoms with Crippen LogP contribution in [0.4, 0.5) is 10.5 Å². The van der Waals surface area contributed by atoms with Crippen LogP contribution in [-0.4, -0.2) is 35.6 Å². The summed E-state index contributed by atoms with van der Waals surface area (Å²) < 4.78 is 0. The van der Waals surface area contributed by atoms with E-state index >= 15 is 0 Å². The molecule has 1 aliphatic rings. The number of benzene rings is 2. The number of hydrogen-bond donors (Lipinski definition) is 5. The highest BCUT2D eigenvalue weighted by Crippen LogP contribution is 2.31. The Balaban J connectivity index is 1.60. The number of anilines is 1. The van der Waals surface area contributed by atoms with Crippen molar-refractivity contribution in [1.29, 1.82) is 0 Å². The van der Waals surface area contributed by atoms with Crippen LogP contribution in [0.15, 0.2) is 36.4 Å². The van der Waals surface area contributed by atoms with Crippen LogP contribution in [-0.2, 0) is 11.2 Å². The van der Waals surface area contributed by atoms with Crippen LogP contribution in [0.3, 0.4) is 0 Å². The highest BCUT2D eigenvalue weighted by Gasteiger charge is 2.26. The monoisotopic (exact) mass is 450 g/mol. The fraction of sp³-hybridized carbons (Fsp3) is 0.250. The van der Waals surface area contributed by atoms with Gasteiger partial charge in [0.05, 0.1) is 33.9 Å². The molecule has 6 N–H and O–H groups in total. The second-order valence-corrected chi connectivity index (χ2v) is 7.62. The summed E-state index contributed by atoms with van der Waals surface area (Å²) in [6.07, 6.45) is 1.62. The molecule has 0 saturated carbocycles. The van der Waals surface area contributed by atoms with Crippen molar-refractivity contribution in [3.8, 4) is 0 Å². The molecule has 0 saturated heterocycles. The number of aryl methyl sites for hydroxylation is 1. The highest BCUT2D eigenvalue weighted by molar-refractivity contribution is 6.41. The number of carbonyl (C=O) groups is 3. The van der Waals surface area contributed by atoms with Crippen molar-refractivity contribution in [2.45, 2.75) is 24.9 Å². The van der Waals surface area contributed by atoms with E-state index in [2.05, 4.69) is 16.0 Å². The first kappa shape index (κ1) is 21.7. The SMILES string of the molecule is Nc1ccc(Cl)c(C(=O)NC(CNC(=O)N[C@@H]2CCc3ccccc32)C(=O)O)c1Cl. The minimum Gasteiger partial charge on any atom is -0.480 e. The Labute approximate surface area is 182 Å². The lowest BCUT2D eigenvalue weighted by molar-refractivity contribution is -0.139. The van der Waals surface area contributed by atoms with Crippen LogP contribution in [0.2, 0.25) is 10.0 Å². The van der Waals surface area contributed by atoms with Crippen molar-refractivity contribution in [3.05, 3.63) is 63.1 Å². The van der Waals surface area contributed by atoms with Crippen molar-refractivity contribution >= 4 is 46.8 Å². The molecule has 1 aliphatic carbocycles. The molecule has 30 heavy (non-hydrogen) atoms. The maximum atomic E-state index is 12.5. The van der Waals surface area contributed by atoms with Crippen molar-refractivity contribution in [2.75, 3.05) is 12.3 Å². The van der Waals surface area contributed by atoms with Gasteiger partial charge in [-0.3, -0.25) is 4.79 Å². The summed E-state index contributed by atoms with van der Waals surface area (Å²) in [5.74, 6) is -2.14. The molecule has 0 fully saturated rings. The largest absolute Gasteiger partial charge is 0.480 e. The summed E-state index contributed by atoms with van der Waals surface area (Å²) in [5, 5.41) is 17.0. The molecule has 0 aromatic heterocycles. The number of carboxylic acid groups (broad SMARTS) is 1. The van der Waals surface area contributed by atoms with E-state index in [1.165, 1.54) is 17.7 Å². The van der Waals surface area contributed by atoms with Crippen molar-refractivity contribution < 1.29 is 19.5 Å². The summed E-state index contributed by atoms with van der Waals surface area (Å²) in [6.45, 7) is -0.334. The van der Waals surface area contributed by atoms with E-state index in [1.54, 1.807) is 0 Å². The molecule has 1 unspecified atom stereocenters. The van der Waals surface area contributed by atoms with Gasteiger partial charge in [0.1, 0.15) is 6.04 Å². The lowest BCUT2D eigenvalue weighted by Gasteiger charge is -2.19. The molecule has 0 bridgehead atoms. The first-order chi connectivity index (χ1) is 14.3. The maximum absolute atomic E-state index is 12.5. The van der Waals surface area contributed by atoms with Crippen molar-refractivity contribution in [1.82, 2.24) is 16.0 Å². The van der Waals surface area contributed by atoms with Gasteiger partial charge in [0.15, 0.2) is 0 Å². The summed E-state index contributed by atoms with van der Waals surface area (Å²) in [5.41, 5.74) is 7.90. The Kier molecular flexibility index (Phi) is 6.69. The van der Waals surface area contributed by atoms with Gasteiger partial charge in [0, 0.05) is 0 Å². The second-order valence-electron chi connectivity index (χ2n) is 6.83. The number of carboxylic acids is 1. The summed E-state index contributed by atoms with van der Waals surface area (Å²) in [7, 11) is 0. The molecule has 2 aromatic rings. The van der Waals surface area contributed by atoms with Gasteiger partial charge in [-0.2, -0.15) is 0 Å². The molecule has 8 nitrogen and oxygen atoms in total. The normalized spacial score (nSPS) is 15.7. The number of urea groups is 1. The number of rotatable bonds is 6. The summed E-state index contributed by atoms with van der Waals surface area (Å²) >= 11 is 12.0. The Hall–Kier alpha value is -2.97. The lowest BCUT2D eigenvalue weighted by Crippen LogP contribution is -2.50. The molecular weight excluding hydrogens is 431 g/mol. The zero-order valence-corrected chi connectivity index (χ0v) is 17.3. The zero-order chi connectivity index (χ0) is 21.8. The molecule has 2 aromatic carbocycles. The van der Waals surface area contributed by atoms with Crippen LogP contribution in [0.25, 0.3) is 0 Å². The number of nitrogens with one attached hydrogen (secondary N) is 3. The molecule has 3 amide bonds. The average molecular weight is 451 g/mol. The first-order valence-corrected chi connectivity index (χ1v) is 9.92. The van der Waals surface area contributed by atoms with E-state index in [9.17, 15) is 19.5 Å². The smallest absolute Gasteiger partial charge is 0.328 e. The number of fused-ring (bicyclic) bond motifs is 1. The minimum absolute atomic E-state index is 0.0291. The number of nitrogen functional groups attached to an aromatic ring is 1. The molecule has 0 spiro atoms. The third kappa shape index (κ3) is 4.77. The topological polar surface area (TPSA) is 134 Å². The van der Waals surface area contributed by atoms with Crippen LogP contribution in [0, 0.1) is 0 Å². The second kappa shape index (κ2) is 9.23. The lowest BCUT2D eigenvalue weighted by atomic mass is 10.1. The molecule has 10 heteroatoms. The predicted octanol–water partition coefficient (Wildman–Crippen LogP) is 2.75. The molecular formula is C20H20Cl2N4O4. The molecule has 158 valence electrons. The summed E-state index contributed by atoms with van der Waals surface area (Å²) in [6, 6.07) is 8.56. The third-order valence-electron chi connectivity index (χ3n) is 4.86. The van der Waals surface area contributed by atoms with E-state index in [4.69, 9.17) is 28.9 Å². The van der Waals surface area contributed by atoms with Crippen LogP contribution in [0.5, 0.6) is 0 Å². The van der Waals surface area contributed by atoms with Gasteiger partial charge in [-0.25, -0.2) is 9.59 Å². The van der Waals surface area contributed by atoms with Gasteiger partial charge in [-0.15, -0.1) is 0 Å². The van der Waals surface area contributed by atoms with E-state index in [1.807, 2.05) is 24.3 Å². The number of hydrogen-bond acceptors (Lipinski definition) is 4. The molecule has 0 aliphatic heterocycles. The highest BCUT2D eigenvalue weighted by atomic mass is 35.5. The number of aliphatic carboxylic acids is 1. The summed E-state index contributed by atoms with van der Waals surface area (Å²) in [4.78, 5) is 36.3. The first-order valence-electron chi connectivity index (χ1n) is 9.17. The average Bonchev–Trinajstić information content (AvgIpc) is 3.11. The van der Waals surface area contributed by atoms with E-state index in [0.717, 1.165) is 18.4 Å². The third-order valence-corrected chi connectivity index (χ3v) is 5.58. The Morgan fingerprint density at radius 1 is 1.17 bits per heavy atom. The quantitative estimate of drug-likeness (QED) is 0.431. The van der Waals surface area contributed by atoms with Crippen molar-refractivity contribution in [2.24, 2.45) is 0 Å². The Morgan fingerprint density at radius 3 is 2.63 bits per heavy atom.